The van der Waals surface area contributed by atoms with Crippen LogP contribution in [0.25, 0.3) is 0 Å². The molecule has 0 radical (unpaired) electrons. The molecular formula is C17H20N4O2. The third kappa shape index (κ3) is 3.41. The van der Waals surface area contributed by atoms with Gasteiger partial charge in [-0.15, -0.1) is 0 Å². The summed E-state index contributed by atoms with van der Waals surface area (Å²) in [5, 5.41) is 6.88. The molecule has 1 aliphatic rings. The SMILES string of the molecule is Cn1nccc1NC(=O)[C@@H]1CCCN1C(=O)Cc1ccccc1. The molecule has 0 unspecified atom stereocenters. The molecule has 1 fully saturated rings. The van der Waals surface area contributed by atoms with Crippen LogP contribution in [0.3, 0.4) is 0 Å². The number of benzene rings is 1. The third-order valence-corrected chi connectivity index (χ3v) is 4.15. The monoisotopic (exact) mass is 312 g/mol. The normalized spacial score (nSPS) is 17.3. The van der Waals surface area contributed by atoms with Gasteiger partial charge in [-0.2, -0.15) is 5.10 Å². The molecule has 1 aromatic carbocycles. The summed E-state index contributed by atoms with van der Waals surface area (Å²) in [6.07, 6.45) is 3.51. The Bertz CT molecular complexity index is 696. The molecule has 1 saturated heterocycles. The lowest BCUT2D eigenvalue weighted by atomic mass is 10.1. The number of likely N-dealkylation sites (tertiary alicyclic amines) is 1. The number of anilines is 1. The summed E-state index contributed by atoms with van der Waals surface area (Å²) in [5.74, 6) is 0.490. The maximum atomic E-state index is 12.5. The number of nitrogens with zero attached hydrogens (tertiary/aromatic N) is 3. The summed E-state index contributed by atoms with van der Waals surface area (Å²) in [6, 6.07) is 11.0. The Balaban J connectivity index is 1.66. The lowest BCUT2D eigenvalue weighted by Gasteiger charge is -2.24. The highest BCUT2D eigenvalue weighted by atomic mass is 16.2. The minimum Gasteiger partial charge on any atom is -0.330 e. The molecule has 1 N–H and O–H groups in total. The zero-order valence-electron chi connectivity index (χ0n) is 13.1. The second kappa shape index (κ2) is 6.64. The van der Waals surface area contributed by atoms with E-state index in [1.54, 1.807) is 28.9 Å². The first-order chi connectivity index (χ1) is 11.1. The summed E-state index contributed by atoms with van der Waals surface area (Å²) >= 11 is 0. The van der Waals surface area contributed by atoms with Crippen molar-refractivity contribution in [2.24, 2.45) is 7.05 Å². The van der Waals surface area contributed by atoms with Crippen LogP contribution in [0.1, 0.15) is 18.4 Å². The van der Waals surface area contributed by atoms with Crippen LogP contribution in [0.5, 0.6) is 0 Å². The standard InChI is InChI=1S/C17H20N4O2/c1-20-15(9-10-18-20)19-17(23)14-8-5-11-21(14)16(22)12-13-6-3-2-4-7-13/h2-4,6-7,9-10,14H,5,8,11-12H2,1H3,(H,19,23)/t14-/m0/s1. The first-order valence-corrected chi connectivity index (χ1v) is 7.77. The van der Waals surface area contributed by atoms with Crippen molar-refractivity contribution in [3.05, 3.63) is 48.2 Å². The van der Waals surface area contributed by atoms with E-state index >= 15 is 0 Å². The first kappa shape index (κ1) is 15.3. The zero-order chi connectivity index (χ0) is 16.2. The summed E-state index contributed by atoms with van der Waals surface area (Å²) < 4.78 is 1.60. The van der Waals surface area contributed by atoms with Crippen molar-refractivity contribution < 1.29 is 9.59 Å². The molecule has 1 aliphatic heterocycles. The van der Waals surface area contributed by atoms with Crippen molar-refractivity contribution in [3.8, 4) is 0 Å². The van der Waals surface area contributed by atoms with Gasteiger partial charge in [0, 0.05) is 19.7 Å². The Hall–Kier alpha value is -2.63. The molecule has 1 atom stereocenters. The molecule has 0 aliphatic carbocycles. The molecule has 2 amide bonds. The average molecular weight is 312 g/mol. The summed E-state index contributed by atoms with van der Waals surface area (Å²) in [5.41, 5.74) is 0.968. The quantitative estimate of drug-likeness (QED) is 0.932. The van der Waals surface area contributed by atoms with E-state index in [0.717, 1.165) is 12.0 Å². The van der Waals surface area contributed by atoms with E-state index < -0.39 is 6.04 Å². The Kier molecular flexibility index (Phi) is 4.41. The van der Waals surface area contributed by atoms with Gasteiger partial charge in [-0.3, -0.25) is 14.3 Å². The minimum atomic E-state index is -0.402. The van der Waals surface area contributed by atoms with E-state index in [9.17, 15) is 9.59 Å². The lowest BCUT2D eigenvalue weighted by molar-refractivity contribution is -0.136. The Morgan fingerprint density at radius 3 is 2.74 bits per heavy atom. The van der Waals surface area contributed by atoms with Crippen LogP contribution in [0.15, 0.2) is 42.6 Å². The summed E-state index contributed by atoms with van der Waals surface area (Å²) in [4.78, 5) is 26.7. The van der Waals surface area contributed by atoms with Crippen molar-refractivity contribution >= 4 is 17.6 Å². The third-order valence-electron chi connectivity index (χ3n) is 4.15. The highest BCUT2D eigenvalue weighted by Crippen LogP contribution is 2.20. The molecule has 2 aromatic rings. The van der Waals surface area contributed by atoms with Crippen molar-refractivity contribution in [1.82, 2.24) is 14.7 Å². The predicted molar refractivity (Wildman–Crippen MR) is 86.7 cm³/mol. The van der Waals surface area contributed by atoms with Crippen molar-refractivity contribution in [3.63, 3.8) is 0 Å². The fourth-order valence-electron chi connectivity index (χ4n) is 2.92. The maximum absolute atomic E-state index is 12.5. The maximum Gasteiger partial charge on any atom is 0.248 e. The van der Waals surface area contributed by atoms with Gasteiger partial charge in [0.25, 0.3) is 0 Å². The predicted octanol–water partition coefficient (Wildman–Crippen LogP) is 1.59. The molecule has 23 heavy (non-hydrogen) atoms. The van der Waals surface area contributed by atoms with E-state index in [1.165, 1.54) is 0 Å². The van der Waals surface area contributed by atoms with Crippen LogP contribution in [0.4, 0.5) is 5.82 Å². The number of aryl methyl sites for hydroxylation is 1. The molecule has 1 aromatic heterocycles. The van der Waals surface area contributed by atoms with Crippen LogP contribution in [-0.2, 0) is 23.1 Å². The molecule has 3 rings (SSSR count). The minimum absolute atomic E-state index is 0.00106. The number of carbonyl (C=O) groups excluding carboxylic acids is 2. The van der Waals surface area contributed by atoms with Crippen LogP contribution < -0.4 is 5.32 Å². The second-order valence-corrected chi connectivity index (χ2v) is 5.74. The van der Waals surface area contributed by atoms with Crippen molar-refractivity contribution in [2.45, 2.75) is 25.3 Å². The number of amides is 2. The van der Waals surface area contributed by atoms with E-state index in [1.807, 2.05) is 30.3 Å². The fraction of sp³-hybridized carbons (Fsp3) is 0.353. The van der Waals surface area contributed by atoms with Crippen LogP contribution in [0.2, 0.25) is 0 Å². The number of hydrogen-bond acceptors (Lipinski definition) is 3. The average Bonchev–Trinajstić information content (AvgIpc) is 3.18. The number of carbonyl (C=O) groups is 2. The smallest absolute Gasteiger partial charge is 0.248 e. The van der Waals surface area contributed by atoms with Gasteiger partial charge in [0.15, 0.2) is 0 Å². The van der Waals surface area contributed by atoms with Gasteiger partial charge in [-0.25, -0.2) is 0 Å². The fourth-order valence-corrected chi connectivity index (χ4v) is 2.92. The molecule has 6 heteroatoms. The number of aromatic nitrogens is 2. The molecule has 0 spiro atoms. The number of hydrogen-bond donors (Lipinski definition) is 1. The highest BCUT2D eigenvalue weighted by molar-refractivity contribution is 5.97. The zero-order valence-corrected chi connectivity index (χ0v) is 13.1. The van der Waals surface area contributed by atoms with Crippen LogP contribution >= 0.6 is 0 Å². The Labute approximate surface area is 135 Å². The topological polar surface area (TPSA) is 67.2 Å². The molecular weight excluding hydrogens is 292 g/mol. The van der Waals surface area contributed by atoms with Gasteiger partial charge < -0.3 is 10.2 Å². The van der Waals surface area contributed by atoms with Crippen LogP contribution in [-0.4, -0.2) is 39.1 Å². The van der Waals surface area contributed by atoms with E-state index in [2.05, 4.69) is 10.4 Å². The molecule has 6 nitrogen and oxygen atoms in total. The van der Waals surface area contributed by atoms with Gasteiger partial charge in [0.05, 0.1) is 12.6 Å². The van der Waals surface area contributed by atoms with Gasteiger partial charge in [0.2, 0.25) is 11.8 Å². The largest absolute Gasteiger partial charge is 0.330 e. The summed E-state index contributed by atoms with van der Waals surface area (Å²) in [7, 11) is 1.77. The lowest BCUT2D eigenvalue weighted by Crippen LogP contribution is -2.44. The van der Waals surface area contributed by atoms with Crippen molar-refractivity contribution in [1.29, 1.82) is 0 Å². The van der Waals surface area contributed by atoms with Gasteiger partial charge >= 0.3 is 0 Å². The van der Waals surface area contributed by atoms with E-state index in [4.69, 9.17) is 0 Å². The summed E-state index contributed by atoms with van der Waals surface area (Å²) in [6.45, 7) is 0.634. The van der Waals surface area contributed by atoms with Gasteiger partial charge in [0.1, 0.15) is 11.9 Å². The number of rotatable bonds is 4. The Morgan fingerprint density at radius 1 is 1.26 bits per heavy atom. The Morgan fingerprint density at radius 2 is 2.04 bits per heavy atom. The van der Waals surface area contributed by atoms with Gasteiger partial charge in [-0.1, -0.05) is 30.3 Å². The molecule has 120 valence electrons. The molecule has 0 saturated carbocycles. The first-order valence-electron chi connectivity index (χ1n) is 7.77. The highest BCUT2D eigenvalue weighted by Gasteiger charge is 2.34. The molecule has 2 heterocycles. The van der Waals surface area contributed by atoms with Gasteiger partial charge in [-0.05, 0) is 18.4 Å². The molecule has 0 bridgehead atoms. The number of nitrogens with one attached hydrogen (secondary N) is 1. The van der Waals surface area contributed by atoms with E-state index in [0.29, 0.717) is 25.2 Å². The van der Waals surface area contributed by atoms with Crippen LogP contribution in [0, 0.1) is 0 Å². The van der Waals surface area contributed by atoms with Crippen molar-refractivity contribution in [2.75, 3.05) is 11.9 Å². The second-order valence-electron chi connectivity index (χ2n) is 5.74. The van der Waals surface area contributed by atoms with E-state index in [-0.39, 0.29) is 11.8 Å².